The normalized spacial score (nSPS) is 13.6. The Hall–Kier alpha value is -5.49. The van der Waals surface area contributed by atoms with Crippen molar-refractivity contribution in [1.29, 1.82) is 0 Å². The van der Waals surface area contributed by atoms with E-state index >= 15 is 0 Å². The van der Waals surface area contributed by atoms with E-state index in [1.54, 1.807) is 89.1 Å². The van der Waals surface area contributed by atoms with Gasteiger partial charge >= 0.3 is 0 Å². The number of hydrogen-bond acceptors (Lipinski definition) is 16. The van der Waals surface area contributed by atoms with Gasteiger partial charge < -0.3 is 51.3 Å². The molecule has 21 heteroatoms. The van der Waals surface area contributed by atoms with Crippen molar-refractivity contribution in [3.05, 3.63) is 98.2 Å². The summed E-state index contributed by atoms with van der Waals surface area (Å²) in [7, 11) is 6.25. The van der Waals surface area contributed by atoms with Gasteiger partial charge in [-0.2, -0.15) is 29.9 Å². The summed E-state index contributed by atoms with van der Waals surface area (Å²) in [6, 6.07) is 22.0. The second kappa shape index (κ2) is 29.8. The number of nitrogens with two attached hydrogens (primary N) is 1. The van der Waals surface area contributed by atoms with Gasteiger partial charge in [0, 0.05) is 34.8 Å². The largest absolute Gasteiger partial charge is 0.495 e. The Morgan fingerprint density at radius 1 is 0.408 bits per heavy atom. The molecule has 0 atom stereocenters. The summed E-state index contributed by atoms with van der Waals surface area (Å²) >= 11 is 30.8. The van der Waals surface area contributed by atoms with Crippen LogP contribution in [0.1, 0.15) is 91.9 Å². The van der Waals surface area contributed by atoms with Gasteiger partial charge in [-0.05, 0) is 110 Å². The zero-order valence-electron chi connectivity index (χ0n) is 38.9. The molecule has 0 aliphatic heterocycles. The summed E-state index contributed by atoms with van der Waals surface area (Å²) in [6.07, 6.45) is 15.2. The number of nitrogens with zero attached hydrogens (tertiary/aromatic N) is 6. The van der Waals surface area contributed by atoms with Gasteiger partial charge in [-0.25, -0.2) is 0 Å². The number of nitrogens with one attached hydrogen (secondary N) is 5. The average Bonchev–Trinajstić information content (AvgIpc) is 3.74. The smallest absolute Gasteiger partial charge is 0.233 e. The van der Waals surface area contributed by atoms with Crippen molar-refractivity contribution < 1.29 is 18.9 Å². The van der Waals surface area contributed by atoms with Gasteiger partial charge in [0.25, 0.3) is 0 Å². The molecule has 2 heterocycles. The number of aromatic nitrogens is 6. The monoisotopic (exact) mass is 1070 g/mol. The maximum Gasteiger partial charge on any atom is 0.233 e. The molecule has 2 aliphatic rings. The van der Waals surface area contributed by atoms with E-state index in [0.717, 1.165) is 24.2 Å². The van der Waals surface area contributed by atoms with Gasteiger partial charge in [0.1, 0.15) is 23.0 Å². The topological polar surface area (TPSA) is 200 Å². The Kier molecular flexibility index (Phi) is 24.3. The van der Waals surface area contributed by atoms with Gasteiger partial charge in [-0.15, -0.1) is 0 Å². The number of ether oxygens (including phenoxy) is 4. The van der Waals surface area contributed by atoms with Crippen LogP contribution in [0.2, 0.25) is 25.4 Å². The van der Waals surface area contributed by atoms with Crippen molar-refractivity contribution in [1.82, 2.24) is 29.9 Å². The minimum absolute atomic E-state index is 0. The molecule has 0 radical (unpaired) electrons. The van der Waals surface area contributed by atoms with E-state index in [2.05, 4.69) is 56.5 Å². The molecule has 2 fully saturated rings. The number of methoxy groups -OCH3 is 4. The van der Waals surface area contributed by atoms with Gasteiger partial charge in [0.15, 0.2) is 0 Å². The Morgan fingerprint density at radius 2 is 0.690 bits per heavy atom. The van der Waals surface area contributed by atoms with E-state index in [1.807, 2.05) is 12.1 Å². The van der Waals surface area contributed by atoms with Crippen LogP contribution in [0.25, 0.3) is 0 Å². The molecule has 384 valence electrons. The fraction of sp³-hybridized carbons (Fsp3) is 0.400. The van der Waals surface area contributed by atoms with Crippen molar-refractivity contribution in [2.24, 2.45) is 5.73 Å². The number of rotatable bonds is 14. The van der Waals surface area contributed by atoms with Crippen LogP contribution >= 0.6 is 58.0 Å². The van der Waals surface area contributed by atoms with Gasteiger partial charge in [0.05, 0.1) is 48.5 Å². The lowest BCUT2D eigenvalue weighted by Crippen LogP contribution is -2.21. The zero-order chi connectivity index (χ0) is 49.1. The Bertz CT molecular complexity index is 2440. The van der Waals surface area contributed by atoms with Crippen LogP contribution in [0, 0.1) is 0 Å². The first-order valence-corrected chi connectivity index (χ1v) is 24.4. The van der Waals surface area contributed by atoms with E-state index < -0.39 is 0 Å². The minimum atomic E-state index is 0. The van der Waals surface area contributed by atoms with Crippen LogP contribution in [-0.4, -0.2) is 70.4 Å². The number of benzene rings is 4. The van der Waals surface area contributed by atoms with E-state index in [0.29, 0.717) is 84.4 Å². The Morgan fingerprint density at radius 3 is 0.986 bits per heavy atom. The van der Waals surface area contributed by atoms with Crippen molar-refractivity contribution in [3.8, 4) is 23.0 Å². The minimum Gasteiger partial charge on any atom is -0.495 e. The molecule has 7 N–H and O–H groups in total. The first-order chi connectivity index (χ1) is 33.4. The molecule has 0 amide bonds. The molecule has 0 saturated heterocycles. The third kappa shape index (κ3) is 18.6. The average molecular weight is 1080 g/mol. The zero-order valence-corrected chi connectivity index (χ0v) is 42.6. The molecule has 71 heavy (non-hydrogen) atoms. The molecule has 8 rings (SSSR count). The van der Waals surface area contributed by atoms with Gasteiger partial charge in [-0.3, -0.25) is 0 Å². The second-order valence-electron chi connectivity index (χ2n) is 16.0. The Balaban J connectivity index is 0.000000264. The fourth-order valence-corrected chi connectivity index (χ4v) is 8.62. The van der Waals surface area contributed by atoms with E-state index in [1.165, 1.54) is 64.2 Å². The predicted molar refractivity (Wildman–Crippen MR) is 294 cm³/mol. The highest BCUT2D eigenvalue weighted by Crippen LogP contribution is 2.33. The third-order valence-electron chi connectivity index (χ3n) is 11.0. The highest BCUT2D eigenvalue weighted by Gasteiger charge is 2.17. The summed E-state index contributed by atoms with van der Waals surface area (Å²) in [4.78, 5) is 26.2. The van der Waals surface area contributed by atoms with Crippen LogP contribution in [0.4, 0.5) is 52.5 Å². The highest BCUT2D eigenvalue weighted by atomic mass is 35.5. The highest BCUT2D eigenvalue weighted by molar-refractivity contribution is 6.33. The second-order valence-corrected chi connectivity index (χ2v) is 18.0. The van der Waals surface area contributed by atoms with Crippen LogP contribution in [-0.2, 0) is 0 Å². The molecular weight excluding hydrogens is 1010 g/mol. The predicted octanol–water partition coefficient (Wildman–Crippen LogP) is 15.1. The molecular formula is C50H65Cl5N12O4. The van der Waals surface area contributed by atoms with Crippen molar-refractivity contribution in [2.75, 3.05) is 55.0 Å². The lowest BCUT2D eigenvalue weighted by atomic mass is 10.1. The molecule has 0 bridgehead atoms. The van der Waals surface area contributed by atoms with E-state index in [4.69, 9.17) is 82.7 Å². The number of halogens is 5. The summed E-state index contributed by atoms with van der Waals surface area (Å²) in [5.41, 5.74) is 8.54. The van der Waals surface area contributed by atoms with Gasteiger partial charge in [-0.1, -0.05) is 113 Å². The summed E-state index contributed by atoms with van der Waals surface area (Å²) in [5, 5.41) is 17.9. The quantitative estimate of drug-likeness (QED) is 0.0562. The molecule has 4 aromatic carbocycles. The molecule has 6 aromatic rings. The van der Waals surface area contributed by atoms with Crippen LogP contribution in [0.5, 0.6) is 23.0 Å². The lowest BCUT2D eigenvalue weighted by Gasteiger charge is -2.17. The molecule has 2 aromatic heterocycles. The standard InChI is InChI=1S/C24H28Cl2N6O2.C17H14Cl3N5O2.C7H15N.2CH4/c1-33-20-11-9-16(13-18(20)25)28-23-30-22(27-15-7-5-3-4-6-8-15)31-24(32-23)29-17-10-12-21(34-2)19(26)14-17;1-26-13-5-3-9(7-11(13)18)21-16-23-15(20)24-17(25-16)22-10-4-6-14(27-2)12(19)8-10;8-7-5-3-1-2-4-6-7;;/h9-15H,3-8H2,1-2H3,(H3,27,28,29,30,31,32);3-8H,1-2H3,(H2,21,22,23,24,25);7H,1-6,8H2;2*1H4. The van der Waals surface area contributed by atoms with Crippen LogP contribution in [0.15, 0.2) is 72.8 Å². The van der Waals surface area contributed by atoms with Crippen molar-refractivity contribution in [3.63, 3.8) is 0 Å². The van der Waals surface area contributed by atoms with Crippen LogP contribution < -0.4 is 51.3 Å². The van der Waals surface area contributed by atoms with Gasteiger partial charge in [0.2, 0.25) is 35.0 Å². The van der Waals surface area contributed by atoms with Crippen molar-refractivity contribution in [2.45, 2.75) is 104 Å². The Labute approximate surface area is 442 Å². The molecule has 16 nitrogen and oxygen atoms in total. The van der Waals surface area contributed by atoms with E-state index in [9.17, 15) is 0 Å². The summed E-state index contributed by atoms with van der Waals surface area (Å²) in [5.74, 6) is 4.09. The summed E-state index contributed by atoms with van der Waals surface area (Å²) in [6.45, 7) is 0. The van der Waals surface area contributed by atoms with Crippen LogP contribution in [0.3, 0.4) is 0 Å². The van der Waals surface area contributed by atoms with Crippen molar-refractivity contribution >= 4 is 110 Å². The maximum absolute atomic E-state index is 6.28. The number of anilines is 9. The maximum atomic E-state index is 6.28. The first kappa shape index (κ1) is 58.1. The lowest BCUT2D eigenvalue weighted by molar-refractivity contribution is 0.415. The molecule has 2 aliphatic carbocycles. The molecule has 2 saturated carbocycles. The third-order valence-corrected chi connectivity index (χ3v) is 12.3. The molecule has 0 spiro atoms. The SMILES string of the molecule is C.C.COc1ccc(Nc2nc(Cl)nc(Nc3ccc(OC)c(Cl)c3)n2)cc1Cl.COc1ccc(Nc2nc(Nc3ccc(OC)c(Cl)c3)nc(NC3CCCCCC3)n2)cc1Cl.NC1CCCCCC1. The fourth-order valence-electron chi connectivity index (χ4n) is 7.42. The van der Waals surface area contributed by atoms with E-state index in [-0.39, 0.29) is 32.0 Å². The number of hydrogen-bond donors (Lipinski definition) is 6. The first-order valence-electron chi connectivity index (χ1n) is 22.5. The summed E-state index contributed by atoms with van der Waals surface area (Å²) < 4.78 is 20.7. The molecule has 0 unspecified atom stereocenters.